The molecule has 3 nitrogen and oxygen atoms in total. The summed E-state index contributed by atoms with van der Waals surface area (Å²) >= 11 is 7.73. The summed E-state index contributed by atoms with van der Waals surface area (Å²) in [5.74, 6) is 0.411. The van der Waals surface area contributed by atoms with Crippen LogP contribution in [0.25, 0.3) is 0 Å². The molecule has 1 amide bonds. The van der Waals surface area contributed by atoms with E-state index in [4.69, 9.17) is 16.3 Å². The van der Waals surface area contributed by atoms with Crippen molar-refractivity contribution >= 4 is 28.8 Å². The van der Waals surface area contributed by atoms with Crippen molar-refractivity contribution in [2.75, 3.05) is 13.7 Å². The minimum absolute atomic E-state index is 0.0709. The largest absolute Gasteiger partial charge is 0.496 e. The molecule has 1 aromatic heterocycles. The fourth-order valence-electron chi connectivity index (χ4n) is 3.39. The number of methoxy groups -OCH3 is 1. The van der Waals surface area contributed by atoms with Gasteiger partial charge in [0.15, 0.2) is 0 Å². The molecule has 0 spiro atoms. The van der Waals surface area contributed by atoms with Crippen LogP contribution < -0.4 is 10.1 Å². The molecule has 122 valence electrons. The summed E-state index contributed by atoms with van der Waals surface area (Å²) in [6, 6.07) is 7.28. The van der Waals surface area contributed by atoms with Crippen molar-refractivity contribution in [3.05, 3.63) is 51.2 Å². The van der Waals surface area contributed by atoms with Crippen molar-refractivity contribution in [1.82, 2.24) is 5.32 Å². The van der Waals surface area contributed by atoms with Crippen LogP contribution in [0, 0.1) is 0 Å². The summed E-state index contributed by atoms with van der Waals surface area (Å²) in [6.45, 7) is 0.651. The van der Waals surface area contributed by atoms with Gasteiger partial charge in [-0.25, -0.2) is 0 Å². The first-order valence-electron chi connectivity index (χ1n) is 7.79. The Balaban J connectivity index is 1.77. The third-order valence-corrected chi connectivity index (χ3v) is 5.61. The fraction of sp³-hybridized carbons (Fsp3) is 0.389. The van der Waals surface area contributed by atoms with Crippen LogP contribution in [-0.2, 0) is 5.41 Å². The van der Waals surface area contributed by atoms with E-state index in [0.29, 0.717) is 22.9 Å². The molecule has 1 aromatic carbocycles. The van der Waals surface area contributed by atoms with Crippen molar-refractivity contribution < 1.29 is 9.53 Å². The van der Waals surface area contributed by atoms with Gasteiger partial charge in [0, 0.05) is 17.0 Å². The van der Waals surface area contributed by atoms with E-state index in [0.717, 1.165) is 12.8 Å². The van der Waals surface area contributed by atoms with Gasteiger partial charge in [-0.15, -0.1) is 0 Å². The average Bonchev–Trinajstić information content (AvgIpc) is 3.24. The highest BCUT2D eigenvalue weighted by molar-refractivity contribution is 7.08. The number of halogens is 1. The zero-order valence-electron chi connectivity index (χ0n) is 13.1. The minimum Gasteiger partial charge on any atom is -0.496 e. The van der Waals surface area contributed by atoms with Crippen molar-refractivity contribution in [3.8, 4) is 5.75 Å². The highest BCUT2D eigenvalue weighted by Crippen LogP contribution is 2.41. The Bertz CT molecular complexity index is 678. The summed E-state index contributed by atoms with van der Waals surface area (Å²) in [7, 11) is 1.56. The van der Waals surface area contributed by atoms with Gasteiger partial charge in [-0.05, 0) is 53.4 Å². The van der Waals surface area contributed by atoms with Crippen molar-refractivity contribution in [2.24, 2.45) is 0 Å². The lowest BCUT2D eigenvalue weighted by atomic mass is 9.80. The minimum atomic E-state index is -0.133. The highest BCUT2D eigenvalue weighted by Gasteiger charge is 2.36. The second-order valence-corrected chi connectivity index (χ2v) is 7.24. The molecule has 0 unspecified atom stereocenters. The second kappa shape index (κ2) is 6.93. The van der Waals surface area contributed by atoms with Gasteiger partial charge in [-0.2, -0.15) is 11.3 Å². The fourth-order valence-corrected chi connectivity index (χ4v) is 4.34. The van der Waals surface area contributed by atoms with Crippen LogP contribution in [0.3, 0.4) is 0 Å². The van der Waals surface area contributed by atoms with E-state index in [9.17, 15) is 4.79 Å². The second-order valence-electron chi connectivity index (χ2n) is 6.03. The zero-order chi connectivity index (χ0) is 16.3. The Morgan fingerprint density at radius 2 is 2.13 bits per heavy atom. The molecule has 1 heterocycles. The van der Waals surface area contributed by atoms with Gasteiger partial charge in [0.1, 0.15) is 5.75 Å². The molecule has 1 aliphatic rings. The quantitative estimate of drug-likeness (QED) is 0.853. The van der Waals surface area contributed by atoms with Gasteiger partial charge in [0.25, 0.3) is 5.91 Å². The Morgan fingerprint density at radius 3 is 2.78 bits per heavy atom. The number of carbonyl (C=O) groups excluding carboxylic acids is 1. The molecule has 23 heavy (non-hydrogen) atoms. The van der Waals surface area contributed by atoms with Crippen molar-refractivity contribution in [3.63, 3.8) is 0 Å². The maximum Gasteiger partial charge on any atom is 0.255 e. The van der Waals surface area contributed by atoms with Crippen LogP contribution in [0.15, 0.2) is 35.0 Å². The number of benzene rings is 1. The molecule has 1 N–H and O–H groups in total. The SMILES string of the molecule is COc1ccc(Cl)cc1C(=O)NCC1(c2ccsc2)CCCC1. The number of nitrogens with one attached hydrogen (secondary N) is 1. The van der Waals surface area contributed by atoms with Gasteiger partial charge in [0.2, 0.25) is 0 Å². The van der Waals surface area contributed by atoms with Crippen LogP contribution in [-0.4, -0.2) is 19.6 Å². The number of carbonyl (C=O) groups is 1. The van der Waals surface area contributed by atoms with Crippen LogP contribution in [0.5, 0.6) is 5.75 Å². The van der Waals surface area contributed by atoms with E-state index < -0.39 is 0 Å². The smallest absolute Gasteiger partial charge is 0.255 e. The predicted molar refractivity (Wildman–Crippen MR) is 94.8 cm³/mol. The Hall–Kier alpha value is -1.52. The predicted octanol–water partition coefficient (Wildman–Crippen LogP) is 4.65. The van der Waals surface area contributed by atoms with E-state index in [-0.39, 0.29) is 11.3 Å². The highest BCUT2D eigenvalue weighted by atomic mass is 35.5. The lowest BCUT2D eigenvalue weighted by Gasteiger charge is -2.29. The normalized spacial score (nSPS) is 16.3. The Morgan fingerprint density at radius 1 is 1.35 bits per heavy atom. The zero-order valence-corrected chi connectivity index (χ0v) is 14.7. The molecule has 1 saturated carbocycles. The summed E-state index contributed by atoms with van der Waals surface area (Å²) in [5, 5.41) is 7.94. The molecule has 0 atom stereocenters. The summed E-state index contributed by atoms with van der Waals surface area (Å²) in [6.07, 6.45) is 4.67. The number of rotatable bonds is 5. The molecular weight excluding hydrogens is 330 g/mol. The summed E-state index contributed by atoms with van der Waals surface area (Å²) in [4.78, 5) is 12.6. The van der Waals surface area contributed by atoms with Gasteiger partial charge in [0.05, 0.1) is 12.7 Å². The van der Waals surface area contributed by atoms with Crippen molar-refractivity contribution in [1.29, 1.82) is 0 Å². The maximum absolute atomic E-state index is 12.6. The van der Waals surface area contributed by atoms with Gasteiger partial charge < -0.3 is 10.1 Å². The first-order valence-corrected chi connectivity index (χ1v) is 9.11. The van der Waals surface area contributed by atoms with Crippen LogP contribution in [0.4, 0.5) is 0 Å². The molecule has 5 heteroatoms. The van der Waals surface area contributed by atoms with Gasteiger partial charge in [-0.1, -0.05) is 24.4 Å². The van der Waals surface area contributed by atoms with Crippen molar-refractivity contribution in [2.45, 2.75) is 31.1 Å². The maximum atomic E-state index is 12.6. The van der Waals surface area contributed by atoms with Crippen LogP contribution in [0.2, 0.25) is 5.02 Å². The molecular formula is C18H20ClNO2S. The third kappa shape index (κ3) is 3.38. The van der Waals surface area contributed by atoms with Crippen LogP contribution >= 0.6 is 22.9 Å². The third-order valence-electron chi connectivity index (χ3n) is 4.69. The molecule has 1 fully saturated rings. The summed E-state index contributed by atoms with van der Waals surface area (Å²) in [5.41, 5.74) is 1.90. The van der Waals surface area contributed by atoms with E-state index >= 15 is 0 Å². The van der Waals surface area contributed by atoms with Crippen LogP contribution in [0.1, 0.15) is 41.6 Å². The molecule has 3 rings (SSSR count). The first kappa shape index (κ1) is 16.3. The molecule has 0 radical (unpaired) electrons. The lowest BCUT2D eigenvalue weighted by molar-refractivity contribution is 0.0940. The summed E-state index contributed by atoms with van der Waals surface area (Å²) < 4.78 is 5.27. The topological polar surface area (TPSA) is 38.3 Å². The monoisotopic (exact) mass is 349 g/mol. The van der Waals surface area contributed by atoms with E-state index in [1.165, 1.54) is 18.4 Å². The van der Waals surface area contributed by atoms with Gasteiger partial charge >= 0.3 is 0 Å². The van der Waals surface area contributed by atoms with E-state index in [1.807, 2.05) is 0 Å². The standard InChI is InChI=1S/C18H20ClNO2S/c1-22-16-5-4-14(19)10-15(16)17(21)20-12-18(7-2-3-8-18)13-6-9-23-11-13/h4-6,9-11H,2-3,7-8,12H2,1H3,(H,20,21). The molecule has 0 saturated heterocycles. The number of amides is 1. The molecule has 1 aliphatic carbocycles. The molecule has 2 aromatic rings. The first-order chi connectivity index (χ1) is 11.1. The Kier molecular flexibility index (Phi) is 4.93. The molecule has 0 bridgehead atoms. The average molecular weight is 350 g/mol. The molecule has 0 aliphatic heterocycles. The number of thiophene rings is 1. The number of hydrogen-bond donors (Lipinski definition) is 1. The number of hydrogen-bond acceptors (Lipinski definition) is 3. The lowest BCUT2D eigenvalue weighted by Crippen LogP contribution is -2.38. The number of ether oxygens (including phenoxy) is 1. The van der Waals surface area contributed by atoms with Gasteiger partial charge in [-0.3, -0.25) is 4.79 Å². The Labute approximate surface area is 145 Å². The van der Waals surface area contributed by atoms with E-state index in [1.54, 1.807) is 36.6 Å². The van der Waals surface area contributed by atoms with E-state index in [2.05, 4.69) is 22.1 Å².